The lowest BCUT2D eigenvalue weighted by molar-refractivity contribution is 0.189. The lowest BCUT2D eigenvalue weighted by Crippen LogP contribution is -2.31. The van der Waals surface area contributed by atoms with E-state index in [1.54, 1.807) is 31.3 Å². The molecule has 2 aromatic heterocycles. The van der Waals surface area contributed by atoms with Crippen molar-refractivity contribution in [3.63, 3.8) is 0 Å². The first kappa shape index (κ1) is 16.0. The van der Waals surface area contributed by atoms with Crippen molar-refractivity contribution in [3.8, 4) is 16.5 Å². The lowest BCUT2D eigenvalue weighted by atomic mass is 10.3. The fourth-order valence-electron chi connectivity index (χ4n) is 2.03. The van der Waals surface area contributed by atoms with E-state index in [1.165, 1.54) is 16.2 Å². The Morgan fingerprint density at radius 1 is 1.29 bits per heavy atom. The normalized spacial score (nSPS) is 11.9. The molecule has 0 bridgehead atoms. The second-order valence-corrected chi connectivity index (χ2v) is 6.02. The van der Waals surface area contributed by atoms with Crippen LogP contribution in [0, 0.1) is 0 Å². The van der Waals surface area contributed by atoms with Crippen LogP contribution in [0.2, 0.25) is 0 Å². The summed E-state index contributed by atoms with van der Waals surface area (Å²) in [5, 5.41) is 10.0. The third-order valence-corrected chi connectivity index (χ3v) is 4.25. The number of amides is 2. The van der Waals surface area contributed by atoms with Crippen LogP contribution in [0.15, 0.2) is 46.2 Å². The molecular weight excluding hydrogens is 328 g/mol. The van der Waals surface area contributed by atoms with Crippen molar-refractivity contribution >= 4 is 23.1 Å². The highest BCUT2D eigenvalue weighted by Gasteiger charge is 2.17. The highest BCUT2D eigenvalue weighted by molar-refractivity contribution is 7.13. The van der Waals surface area contributed by atoms with E-state index in [4.69, 9.17) is 14.9 Å². The van der Waals surface area contributed by atoms with Gasteiger partial charge >= 0.3 is 6.03 Å². The summed E-state index contributed by atoms with van der Waals surface area (Å²) < 4.78 is 11.4. The minimum atomic E-state index is -0.524. The van der Waals surface area contributed by atoms with Crippen molar-refractivity contribution in [2.45, 2.75) is 13.0 Å². The molecule has 124 valence electrons. The summed E-state index contributed by atoms with van der Waals surface area (Å²) in [4.78, 5) is 13.4. The van der Waals surface area contributed by atoms with E-state index in [0.29, 0.717) is 23.2 Å². The Bertz CT molecular complexity index is 814. The van der Waals surface area contributed by atoms with E-state index in [9.17, 15) is 4.79 Å². The summed E-state index contributed by atoms with van der Waals surface area (Å²) in [6, 6.07) is 10.3. The van der Waals surface area contributed by atoms with Gasteiger partial charge in [-0.05, 0) is 42.6 Å². The van der Waals surface area contributed by atoms with Crippen molar-refractivity contribution in [1.82, 2.24) is 10.2 Å². The molecule has 2 heterocycles. The number of nitrogens with zero attached hydrogens (tertiary/aromatic N) is 3. The van der Waals surface area contributed by atoms with Gasteiger partial charge in [0.25, 0.3) is 11.8 Å². The molecule has 0 saturated carbocycles. The number of primary amides is 1. The predicted octanol–water partition coefficient (Wildman–Crippen LogP) is 3.45. The van der Waals surface area contributed by atoms with Crippen LogP contribution in [0.3, 0.4) is 0 Å². The molecule has 24 heavy (non-hydrogen) atoms. The van der Waals surface area contributed by atoms with Gasteiger partial charge in [0.1, 0.15) is 5.75 Å². The van der Waals surface area contributed by atoms with Crippen molar-refractivity contribution in [2.24, 2.45) is 5.73 Å². The first-order valence-corrected chi connectivity index (χ1v) is 8.09. The first-order valence-electron chi connectivity index (χ1n) is 7.22. The van der Waals surface area contributed by atoms with Gasteiger partial charge in [-0.15, -0.1) is 21.5 Å². The monoisotopic (exact) mass is 344 g/mol. The van der Waals surface area contributed by atoms with E-state index in [0.717, 1.165) is 4.88 Å². The highest BCUT2D eigenvalue weighted by Crippen LogP contribution is 2.27. The summed E-state index contributed by atoms with van der Waals surface area (Å²) >= 11 is 1.53. The Morgan fingerprint density at radius 3 is 2.67 bits per heavy atom. The minimum Gasteiger partial charge on any atom is -0.481 e. The van der Waals surface area contributed by atoms with Gasteiger partial charge in [-0.3, -0.25) is 4.90 Å². The topological polar surface area (TPSA) is 94.5 Å². The smallest absolute Gasteiger partial charge is 0.318 e. The van der Waals surface area contributed by atoms with Crippen LogP contribution in [0.5, 0.6) is 5.75 Å². The molecule has 2 N–H and O–H groups in total. The van der Waals surface area contributed by atoms with E-state index in [1.807, 2.05) is 24.4 Å². The van der Waals surface area contributed by atoms with Crippen LogP contribution in [-0.2, 0) is 0 Å². The maximum atomic E-state index is 11.1. The quantitative estimate of drug-likeness (QED) is 0.765. The number of hydrogen-bond donors (Lipinski definition) is 1. The number of thiophene rings is 1. The Labute approximate surface area is 142 Å². The second kappa shape index (κ2) is 6.71. The highest BCUT2D eigenvalue weighted by atomic mass is 32.1. The summed E-state index contributed by atoms with van der Waals surface area (Å²) in [5.41, 5.74) is 5.92. The first-order chi connectivity index (χ1) is 11.5. The Balaban J connectivity index is 1.68. The van der Waals surface area contributed by atoms with Crippen molar-refractivity contribution in [1.29, 1.82) is 0 Å². The molecule has 3 rings (SSSR count). The van der Waals surface area contributed by atoms with Crippen LogP contribution in [0.25, 0.3) is 10.8 Å². The molecule has 0 aliphatic heterocycles. The molecule has 0 aliphatic carbocycles. The second-order valence-electron chi connectivity index (χ2n) is 5.07. The standard InChI is InChI=1S/C16H16N4O3S/c1-10(14-18-19-15(23-14)13-4-3-9-24-13)22-12-7-5-11(6-8-12)20(2)16(17)21/h3-10H,1-2H3,(H2,17,21)/t10-/m0/s1. The average molecular weight is 344 g/mol. The van der Waals surface area contributed by atoms with Crippen molar-refractivity contribution in [3.05, 3.63) is 47.7 Å². The number of rotatable bonds is 5. The Hall–Kier alpha value is -2.87. The number of nitrogens with two attached hydrogens (primary N) is 1. The molecule has 0 unspecified atom stereocenters. The average Bonchev–Trinajstić information content (AvgIpc) is 3.26. The molecule has 3 aromatic rings. The number of carbonyl (C=O) groups excluding carboxylic acids is 1. The van der Waals surface area contributed by atoms with Crippen LogP contribution in [-0.4, -0.2) is 23.3 Å². The maximum absolute atomic E-state index is 11.1. The molecule has 0 spiro atoms. The number of benzene rings is 1. The molecule has 0 saturated heterocycles. The number of ether oxygens (including phenoxy) is 1. The van der Waals surface area contributed by atoms with Gasteiger partial charge in [0, 0.05) is 12.7 Å². The van der Waals surface area contributed by atoms with Crippen molar-refractivity contribution < 1.29 is 13.9 Å². The molecular formula is C16H16N4O3S. The van der Waals surface area contributed by atoms with Crippen LogP contribution in [0.4, 0.5) is 10.5 Å². The Kier molecular flexibility index (Phi) is 4.48. The van der Waals surface area contributed by atoms with Gasteiger partial charge in [0.05, 0.1) is 4.88 Å². The minimum absolute atomic E-state index is 0.397. The van der Waals surface area contributed by atoms with Crippen LogP contribution < -0.4 is 15.4 Å². The maximum Gasteiger partial charge on any atom is 0.318 e. The zero-order chi connectivity index (χ0) is 17.1. The number of aromatic nitrogens is 2. The molecule has 1 aromatic carbocycles. The van der Waals surface area contributed by atoms with Crippen molar-refractivity contribution in [2.75, 3.05) is 11.9 Å². The van der Waals surface area contributed by atoms with Crippen LogP contribution >= 0.6 is 11.3 Å². The van der Waals surface area contributed by atoms with Gasteiger partial charge in [-0.25, -0.2) is 4.79 Å². The molecule has 0 aliphatic rings. The summed E-state index contributed by atoms with van der Waals surface area (Å²) in [6.45, 7) is 1.83. The molecule has 0 fully saturated rings. The zero-order valence-corrected chi connectivity index (χ0v) is 14.0. The molecule has 1 atom stereocenters. The number of hydrogen-bond acceptors (Lipinski definition) is 6. The van der Waals surface area contributed by atoms with Gasteiger partial charge in [-0.2, -0.15) is 0 Å². The number of urea groups is 1. The summed E-state index contributed by atoms with van der Waals surface area (Å²) in [7, 11) is 1.60. The van der Waals surface area contributed by atoms with Gasteiger partial charge < -0.3 is 14.9 Å². The molecule has 0 radical (unpaired) electrons. The van der Waals surface area contributed by atoms with E-state index in [2.05, 4.69) is 10.2 Å². The van der Waals surface area contributed by atoms with Gasteiger partial charge in [0.15, 0.2) is 6.10 Å². The number of carbonyl (C=O) groups is 1. The fraction of sp³-hybridized carbons (Fsp3) is 0.188. The van der Waals surface area contributed by atoms with E-state index < -0.39 is 12.1 Å². The number of anilines is 1. The molecule has 2 amide bonds. The fourth-order valence-corrected chi connectivity index (χ4v) is 2.67. The predicted molar refractivity (Wildman–Crippen MR) is 91.1 cm³/mol. The lowest BCUT2D eigenvalue weighted by Gasteiger charge is -2.15. The summed E-state index contributed by atoms with van der Waals surface area (Å²) in [6.07, 6.45) is -0.397. The van der Waals surface area contributed by atoms with Gasteiger partial charge in [-0.1, -0.05) is 6.07 Å². The van der Waals surface area contributed by atoms with Gasteiger partial charge in [0.2, 0.25) is 0 Å². The van der Waals surface area contributed by atoms with Crippen LogP contribution in [0.1, 0.15) is 18.9 Å². The molecule has 7 nitrogen and oxygen atoms in total. The molecule has 8 heteroatoms. The Morgan fingerprint density at radius 2 is 2.04 bits per heavy atom. The van der Waals surface area contributed by atoms with E-state index in [-0.39, 0.29) is 0 Å². The largest absolute Gasteiger partial charge is 0.481 e. The third-order valence-electron chi connectivity index (χ3n) is 3.39. The summed E-state index contributed by atoms with van der Waals surface area (Å²) in [5.74, 6) is 1.51. The van der Waals surface area contributed by atoms with E-state index >= 15 is 0 Å². The SMILES string of the molecule is C[C@H](Oc1ccc(N(C)C(N)=O)cc1)c1nnc(-c2cccs2)o1. The third kappa shape index (κ3) is 3.38. The zero-order valence-electron chi connectivity index (χ0n) is 13.2.